The minimum Gasteiger partial charge on any atom is -0.373 e. The quantitative estimate of drug-likeness (QED) is 0.451. The first kappa shape index (κ1) is 14.4. The molecular formula is C12H21N5O4. The van der Waals surface area contributed by atoms with E-state index in [1.807, 2.05) is 0 Å². The van der Waals surface area contributed by atoms with Gasteiger partial charge < -0.3 is 40.5 Å². The molecule has 5 N–H and O–H groups in total. The minimum atomic E-state index is -1.39. The van der Waals surface area contributed by atoms with Crippen molar-refractivity contribution in [2.45, 2.75) is 24.5 Å². The lowest BCUT2D eigenvalue weighted by molar-refractivity contribution is -0.201. The molecule has 9 heteroatoms. The molecule has 0 amide bonds. The van der Waals surface area contributed by atoms with Crippen LogP contribution in [-0.2, 0) is 9.47 Å². The Morgan fingerprint density at radius 2 is 2.24 bits per heavy atom. The summed E-state index contributed by atoms with van der Waals surface area (Å²) in [5, 5.41) is 23.9. The molecular weight excluding hydrogens is 278 g/mol. The van der Waals surface area contributed by atoms with Crippen LogP contribution in [0.15, 0.2) is 16.5 Å². The SMILES string of the molecule is COC1(C)COCC1(O)N1CN(C)C2=C1N=C(N)NC2O. The van der Waals surface area contributed by atoms with Crippen molar-refractivity contribution >= 4 is 5.96 Å². The summed E-state index contributed by atoms with van der Waals surface area (Å²) in [7, 11) is 3.34. The van der Waals surface area contributed by atoms with Gasteiger partial charge in [-0.15, -0.1) is 0 Å². The number of aliphatic hydroxyl groups is 2. The maximum Gasteiger partial charge on any atom is 0.197 e. The molecule has 0 aliphatic carbocycles. The molecule has 3 heterocycles. The summed E-state index contributed by atoms with van der Waals surface area (Å²) in [4.78, 5) is 7.70. The summed E-state index contributed by atoms with van der Waals surface area (Å²) in [6, 6.07) is 0. The van der Waals surface area contributed by atoms with Crippen LogP contribution in [0.1, 0.15) is 6.92 Å². The van der Waals surface area contributed by atoms with Crippen LogP contribution in [0.2, 0.25) is 0 Å². The van der Waals surface area contributed by atoms with Crippen LogP contribution < -0.4 is 11.1 Å². The van der Waals surface area contributed by atoms with Crippen LogP contribution in [0.5, 0.6) is 0 Å². The van der Waals surface area contributed by atoms with Crippen molar-refractivity contribution in [1.82, 2.24) is 15.1 Å². The first-order valence-corrected chi connectivity index (χ1v) is 6.69. The van der Waals surface area contributed by atoms with Gasteiger partial charge in [0, 0.05) is 14.2 Å². The molecule has 0 saturated carbocycles. The predicted molar refractivity (Wildman–Crippen MR) is 73.4 cm³/mol. The zero-order chi connectivity index (χ0) is 15.4. The second-order valence-corrected chi connectivity index (χ2v) is 5.76. The van der Waals surface area contributed by atoms with E-state index in [1.165, 1.54) is 7.11 Å². The van der Waals surface area contributed by atoms with Crippen LogP contribution in [0.25, 0.3) is 0 Å². The average Bonchev–Trinajstić information content (AvgIpc) is 2.90. The van der Waals surface area contributed by atoms with E-state index < -0.39 is 17.6 Å². The van der Waals surface area contributed by atoms with Gasteiger partial charge in [0.05, 0.1) is 19.9 Å². The molecule has 118 valence electrons. The molecule has 1 fully saturated rings. The minimum absolute atomic E-state index is 0.0842. The number of aliphatic imine (C=N–C) groups is 1. The Bertz CT molecular complexity index is 524. The molecule has 3 unspecified atom stereocenters. The topological polar surface area (TPSA) is 116 Å². The van der Waals surface area contributed by atoms with Gasteiger partial charge in [-0.05, 0) is 6.92 Å². The summed E-state index contributed by atoms with van der Waals surface area (Å²) >= 11 is 0. The zero-order valence-electron chi connectivity index (χ0n) is 12.3. The lowest BCUT2D eigenvalue weighted by atomic mass is 9.94. The van der Waals surface area contributed by atoms with E-state index >= 15 is 0 Å². The molecule has 0 radical (unpaired) electrons. The molecule has 3 atom stereocenters. The van der Waals surface area contributed by atoms with Crippen molar-refractivity contribution in [3.63, 3.8) is 0 Å². The van der Waals surface area contributed by atoms with E-state index in [0.717, 1.165) is 0 Å². The molecule has 3 aliphatic rings. The number of nitrogens with zero attached hydrogens (tertiary/aromatic N) is 3. The maximum atomic E-state index is 11.1. The maximum absolute atomic E-state index is 11.1. The molecule has 0 spiro atoms. The van der Waals surface area contributed by atoms with Crippen LogP contribution in [-0.4, -0.2) is 77.6 Å². The fraction of sp³-hybridized carbons (Fsp3) is 0.750. The summed E-state index contributed by atoms with van der Waals surface area (Å²) in [5.74, 6) is 0.528. The van der Waals surface area contributed by atoms with Crippen LogP contribution >= 0.6 is 0 Å². The molecule has 0 aromatic rings. The standard InChI is InChI=1S/C12H21N5O4/c1-11(20-3)4-21-5-12(11,19)17-6-16(2)7-8(17)14-10(13)15-9(7)18/h9,18-19H,4-6H2,1-3H3,(H3,13,14,15). The number of nitrogens with one attached hydrogen (secondary N) is 1. The Balaban J connectivity index is 2.04. The highest BCUT2D eigenvalue weighted by molar-refractivity contribution is 5.80. The number of methoxy groups -OCH3 is 1. The second-order valence-electron chi connectivity index (χ2n) is 5.76. The highest BCUT2D eigenvalue weighted by Crippen LogP contribution is 2.42. The van der Waals surface area contributed by atoms with Crippen molar-refractivity contribution in [2.24, 2.45) is 10.7 Å². The first-order chi connectivity index (χ1) is 9.82. The van der Waals surface area contributed by atoms with E-state index in [-0.39, 0.29) is 19.2 Å². The fourth-order valence-electron chi connectivity index (χ4n) is 3.00. The van der Waals surface area contributed by atoms with Gasteiger partial charge in [-0.25, -0.2) is 0 Å². The van der Waals surface area contributed by atoms with Crippen molar-refractivity contribution in [1.29, 1.82) is 0 Å². The van der Waals surface area contributed by atoms with E-state index in [0.29, 0.717) is 18.2 Å². The van der Waals surface area contributed by atoms with Gasteiger partial charge in [-0.1, -0.05) is 0 Å². The number of rotatable bonds is 2. The molecule has 21 heavy (non-hydrogen) atoms. The Morgan fingerprint density at radius 3 is 2.90 bits per heavy atom. The predicted octanol–water partition coefficient (Wildman–Crippen LogP) is -2.28. The number of aliphatic hydroxyl groups excluding tert-OH is 1. The highest BCUT2D eigenvalue weighted by Gasteiger charge is 2.59. The number of hydrogen-bond donors (Lipinski definition) is 4. The summed E-state index contributed by atoms with van der Waals surface area (Å²) in [6.45, 7) is 2.48. The number of nitrogens with two attached hydrogens (primary N) is 1. The molecule has 3 aliphatic heterocycles. The third-order valence-electron chi connectivity index (χ3n) is 4.44. The van der Waals surface area contributed by atoms with Crippen LogP contribution in [0.3, 0.4) is 0 Å². The molecule has 1 saturated heterocycles. The Hall–Kier alpha value is -1.55. The largest absolute Gasteiger partial charge is 0.373 e. The lowest BCUT2D eigenvalue weighted by Gasteiger charge is -2.43. The summed E-state index contributed by atoms with van der Waals surface area (Å²) < 4.78 is 10.9. The van der Waals surface area contributed by atoms with Crippen molar-refractivity contribution in [2.75, 3.05) is 34.0 Å². The summed E-state index contributed by atoms with van der Waals surface area (Å²) in [5.41, 5.74) is 3.94. The van der Waals surface area contributed by atoms with Gasteiger partial charge in [0.1, 0.15) is 11.3 Å². The van der Waals surface area contributed by atoms with Gasteiger partial charge in [-0.2, -0.15) is 4.99 Å². The van der Waals surface area contributed by atoms with Gasteiger partial charge in [0.15, 0.2) is 23.7 Å². The number of hydrogen-bond acceptors (Lipinski definition) is 9. The average molecular weight is 299 g/mol. The summed E-state index contributed by atoms with van der Waals surface area (Å²) in [6.07, 6.45) is -0.966. The van der Waals surface area contributed by atoms with E-state index in [2.05, 4.69) is 10.3 Å². The second kappa shape index (κ2) is 4.47. The smallest absolute Gasteiger partial charge is 0.197 e. The molecule has 9 nitrogen and oxygen atoms in total. The van der Waals surface area contributed by atoms with Gasteiger partial charge in [-0.3, -0.25) is 0 Å². The van der Waals surface area contributed by atoms with Gasteiger partial charge in [0.2, 0.25) is 0 Å². The molecule has 0 aromatic heterocycles. The van der Waals surface area contributed by atoms with E-state index in [9.17, 15) is 10.2 Å². The first-order valence-electron chi connectivity index (χ1n) is 6.69. The lowest BCUT2D eigenvalue weighted by Crippen LogP contribution is -2.63. The molecule has 0 bridgehead atoms. The Labute approximate surface area is 122 Å². The number of guanidine groups is 1. The monoisotopic (exact) mass is 299 g/mol. The molecule has 0 aromatic carbocycles. The highest BCUT2D eigenvalue weighted by atomic mass is 16.6. The normalized spacial score (nSPS) is 39.5. The van der Waals surface area contributed by atoms with Crippen molar-refractivity contribution in [3.8, 4) is 0 Å². The third kappa shape index (κ3) is 1.81. The van der Waals surface area contributed by atoms with Crippen molar-refractivity contribution in [3.05, 3.63) is 11.5 Å². The fourth-order valence-corrected chi connectivity index (χ4v) is 3.00. The third-order valence-corrected chi connectivity index (χ3v) is 4.44. The number of likely N-dealkylation sites (N-methyl/N-ethyl adjacent to an activating group) is 1. The zero-order valence-corrected chi connectivity index (χ0v) is 12.3. The Morgan fingerprint density at radius 1 is 1.52 bits per heavy atom. The molecule has 3 rings (SSSR count). The number of ether oxygens (including phenoxy) is 2. The van der Waals surface area contributed by atoms with Crippen molar-refractivity contribution < 1.29 is 19.7 Å². The van der Waals surface area contributed by atoms with E-state index in [1.54, 1.807) is 23.8 Å². The van der Waals surface area contributed by atoms with Gasteiger partial charge >= 0.3 is 0 Å². The van der Waals surface area contributed by atoms with Crippen LogP contribution in [0, 0.1) is 0 Å². The van der Waals surface area contributed by atoms with Gasteiger partial charge in [0.25, 0.3) is 0 Å². The van der Waals surface area contributed by atoms with E-state index in [4.69, 9.17) is 15.2 Å². The Kier molecular flexibility index (Phi) is 3.06. The van der Waals surface area contributed by atoms with Crippen LogP contribution in [0.4, 0.5) is 0 Å².